The number of fused-ring (bicyclic) bond motifs is 3. The summed E-state index contributed by atoms with van der Waals surface area (Å²) in [6, 6.07) is 37.4. The van der Waals surface area contributed by atoms with E-state index < -0.39 is 0 Å². The fourth-order valence-corrected chi connectivity index (χ4v) is 5.40. The fourth-order valence-electron chi connectivity index (χ4n) is 5.40. The second kappa shape index (κ2) is 8.92. The number of nitrogens with zero attached hydrogens (tertiary/aromatic N) is 3. The Morgan fingerprint density at radius 3 is 1.76 bits per heavy atom. The molecule has 2 aliphatic rings. The molecule has 3 heteroatoms. The molecule has 4 aromatic carbocycles. The number of benzene rings is 4. The van der Waals surface area contributed by atoms with Crippen LogP contribution in [0.25, 0.3) is 22.3 Å². The van der Waals surface area contributed by atoms with Gasteiger partial charge in [0.15, 0.2) is 0 Å². The predicted octanol–water partition coefficient (Wildman–Crippen LogP) is 6.47. The largest absolute Gasteiger partial charge is 0.294 e. The maximum absolute atomic E-state index is 4.98. The molecule has 0 aromatic heterocycles. The second-order valence-corrected chi connectivity index (χ2v) is 9.20. The van der Waals surface area contributed by atoms with Crippen molar-refractivity contribution in [2.75, 3.05) is 26.2 Å². The molecule has 0 N–H and O–H groups in total. The lowest BCUT2D eigenvalue weighted by Crippen LogP contribution is -2.45. The molecule has 0 saturated carbocycles. The Bertz CT molecular complexity index is 1270. The van der Waals surface area contributed by atoms with E-state index in [0.29, 0.717) is 6.04 Å². The van der Waals surface area contributed by atoms with E-state index in [-0.39, 0.29) is 0 Å². The molecule has 168 valence electrons. The first-order valence-corrected chi connectivity index (χ1v) is 12.2. The zero-order valence-electron chi connectivity index (χ0n) is 19.6. The summed E-state index contributed by atoms with van der Waals surface area (Å²) in [7, 11) is 0. The average molecular weight is 444 g/mol. The van der Waals surface area contributed by atoms with Crippen LogP contribution in [0, 0.1) is 0 Å². The van der Waals surface area contributed by atoms with E-state index in [1.54, 1.807) is 0 Å². The van der Waals surface area contributed by atoms with Crippen LogP contribution in [0.15, 0.2) is 108 Å². The molecule has 3 nitrogen and oxygen atoms in total. The lowest BCUT2D eigenvalue weighted by Gasteiger charge is -2.37. The maximum Gasteiger partial charge on any atom is 0.0646 e. The van der Waals surface area contributed by atoms with E-state index in [2.05, 4.69) is 120 Å². The third-order valence-corrected chi connectivity index (χ3v) is 7.16. The van der Waals surface area contributed by atoms with Crippen molar-refractivity contribution in [2.45, 2.75) is 13.0 Å². The summed E-state index contributed by atoms with van der Waals surface area (Å²) in [5, 5.41) is 7.22. The predicted molar refractivity (Wildman–Crippen MR) is 141 cm³/mol. The molecule has 4 aromatic rings. The van der Waals surface area contributed by atoms with Crippen LogP contribution >= 0.6 is 0 Å². The minimum absolute atomic E-state index is 0.352. The standard InChI is InChI=1S/C31H29N3/c1-23(24-15-17-26(18-16-24)25-9-3-2-4-10-25)32-34-21-19-33(20-22-34)31-29-13-7-5-11-27(29)28-12-6-8-14-30(28)31/h2-18,31H,19-22H2,1H3/b32-23-. The molecule has 6 rings (SSSR count). The Balaban J connectivity index is 1.15. The van der Waals surface area contributed by atoms with Gasteiger partial charge in [0.25, 0.3) is 0 Å². The molecule has 0 unspecified atom stereocenters. The van der Waals surface area contributed by atoms with Gasteiger partial charge in [0.1, 0.15) is 0 Å². The third-order valence-electron chi connectivity index (χ3n) is 7.16. The van der Waals surface area contributed by atoms with Gasteiger partial charge in [-0.05, 0) is 45.9 Å². The minimum Gasteiger partial charge on any atom is -0.294 e. The Kier molecular flexibility index (Phi) is 5.48. The molecule has 0 atom stereocenters. The molecular weight excluding hydrogens is 414 g/mol. The number of hydrogen-bond donors (Lipinski definition) is 0. The first-order chi connectivity index (χ1) is 16.8. The molecule has 0 spiro atoms. The Morgan fingerprint density at radius 1 is 0.618 bits per heavy atom. The van der Waals surface area contributed by atoms with E-state index in [0.717, 1.165) is 31.9 Å². The number of piperazine rings is 1. The SMILES string of the molecule is C/C(=N/N1CCN(C2c3ccccc3-c3ccccc32)CC1)c1ccc(-c2ccccc2)cc1. The van der Waals surface area contributed by atoms with Crippen molar-refractivity contribution < 1.29 is 0 Å². The van der Waals surface area contributed by atoms with Gasteiger partial charge in [0.05, 0.1) is 11.8 Å². The van der Waals surface area contributed by atoms with Crippen LogP contribution in [0.4, 0.5) is 0 Å². The molecule has 1 aliphatic heterocycles. The molecule has 0 radical (unpaired) electrons. The van der Waals surface area contributed by atoms with Crippen LogP contribution in [0.3, 0.4) is 0 Å². The van der Waals surface area contributed by atoms with E-state index in [4.69, 9.17) is 5.10 Å². The van der Waals surface area contributed by atoms with Gasteiger partial charge >= 0.3 is 0 Å². The summed E-state index contributed by atoms with van der Waals surface area (Å²) in [6.07, 6.45) is 0. The molecule has 1 fully saturated rings. The van der Waals surface area contributed by atoms with Gasteiger partial charge in [-0.2, -0.15) is 5.10 Å². The number of hydrazone groups is 1. The third kappa shape index (κ3) is 3.82. The van der Waals surface area contributed by atoms with Crippen LogP contribution in [-0.2, 0) is 0 Å². The molecule has 0 bridgehead atoms. The van der Waals surface area contributed by atoms with Gasteiger partial charge in [0.2, 0.25) is 0 Å². The van der Waals surface area contributed by atoms with Crippen molar-refractivity contribution in [1.29, 1.82) is 0 Å². The van der Waals surface area contributed by atoms with Crippen LogP contribution < -0.4 is 0 Å². The van der Waals surface area contributed by atoms with Gasteiger partial charge in [-0.3, -0.25) is 9.91 Å². The highest BCUT2D eigenvalue weighted by molar-refractivity contribution is 5.98. The fraction of sp³-hybridized carbons (Fsp3) is 0.194. The van der Waals surface area contributed by atoms with Gasteiger partial charge in [0, 0.05) is 26.2 Å². The lowest BCUT2D eigenvalue weighted by atomic mass is 10.0. The number of rotatable bonds is 4. The van der Waals surface area contributed by atoms with Gasteiger partial charge in [-0.15, -0.1) is 0 Å². The molecule has 0 amide bonds. The molecule has 1 saturated heterocycles. The van der Waals surface area contributed by atoms with Crippen LogP contribution in [0.5, 0.6) is 0 Å². The van der Waals surface area contributed by atoms with Crippen molar-refractivity contribution in [3.8, 4) is 22.3 Å². The zero-order valence-corrected chi connectivity index (χ0v) is 19.6. The minimum atomic E-state index is 0.352. The first-order valence-electron chi connectivity index (χ1n) is 12.2. The second-order valence-electron chi connectivity index (χ2n) is 9.20. The zero-order chi connectivity index (χ0) is 22.9. The average Bonchev–Trinajstić information content (AvgIpc) is 3.24. The van der Waals surface area contributed by atoms with Crippen molar-refractivity contribution in [2.24, 2.45) is 5.10 Å². The van der Waals surface area contributed by atoms with Crippen molar-refractivity contribution in [3.05, 3.63) is 120 Å². The summed E-state index contributed by atoms with van der Waals surface area (Å²) in [5.41, 5.74) is 10.4. The highest BCUT2D eigenvalue weighted by Crippen LogP contribution is 2.46. The van der Waals surface area contributed by atoms with Crippen molar-refractivity contribution in [1.82, 2.24) is 9.91 Å². The Morgan fingerprint density at radius 2 is 1.15 bits per heavy atom. The highest BCUT2D eigenvalue weighted by Gasteiger charge is 2.33. The summed E-state index contributed by atoms with van der Waals surface area (Å²) >= 11 is 0. The Labute approximate surface area is 202 Å². The maximum atomic E-state index is 4.98. The first kappa shape index (κ1) is 20.9. The van der Waals surface area contributed by atoms with E-state index >= 15 is 0 Å². The molecule has 1 aliphatic carbocycles. The van der Waals surface area contributed by atoms with Crippen LogP contribution in [0.2, 0.25) is 0 Å². The molecule has 1 heterocycles. The summed E-state index contributed by atoms with van der Waals surface area (Å²) in [5.74, 6) is 0. The highest BCUT2D eigenvalue weighted by atomic mass is 15.5. The molecule has 34 heavy (non-hydrogen) atoms. The normalized spacial score (nSPS) is 16.4. The van der Waals surface area contributed by atoms with E-state index in [1.807, 2.05) is 0 Å². The van der Waals surface area contributed by atoms with Crippen LogP contribution in [0.1, 0.15) is 29.7 Å². The number of hydrogen-bond acceptors (Lipinski definition) is 3. The molecular formula is C31H29N3. The van der Waals surface area contributed by atoms with Crippen molar-refractivity contribution in [3.63, 3.8) is 0 Å². The van der Waals surface area contributed by atoms with E-state index in [1.165, 1.54) is 38.9 Å². The summed E-state index contributed by atoms with van der Waals surface area (Å²) in [6.45, 7) is 6.03. The topological polar surface area (TPSA) is 18.8 Å². The quantitative estimate of drug-likeness (QED) is 0.337. The lowest BCUT2D eigenvalue weighted by molar-refractivity contribution is 0.114. The van der Waals surface area contributed by atoms with E-state index in [9.17, 15) is 0 Å². The Hall–Kier alpha value is -3.69. The summed E-state index contributed by atoms with van der Waals surface area (Å²) in [4.78, 5) is 2.63. The van der Waals surface area contributed by atoms with Crippen LogP contribution in [-0.4, -0.2) is 41.8 Å². The van der Waals surface area contributed by atoms with Gasteiger partial charge < -0.3 is 0 Å². The van der Waals surface area contributed by atoms with Gasteiger partial charge in [-0.1, -0.05) is 103 Å². The smallest absolute Gasteiger partial charge is 0.0646 e. The monoisotopic (exact) mass is 443 g/mol. The van der Waals surface area contributed by atoms with Gasteiger partial charge in [-0.25, -0.2) is 0 Å². The summed E-state index contributed by atoms with van der Waals surface area (Å²) < 4.78 is 0. The van der Waals surface area contributed by atoms with Crippen molar-refractivity contribution >= 4 is 5.71 Å².